The number of fused-ring (bicyclic) bond motifs is 2. The summed E-state index contributed by atoms with van der Waals surface area (Å²) in [6, 6.07) is 13.8. The molecule has 0 radical (unpaired) electrons. The van der Waals surface area contributed by atoms with Crippen molar-refractivity contribution in [3.63, 3.8) is 0 Å². The van der Waals surface area contributed by atoms with Gasteiger partial charge in [0.15, 0.2) is 5.76 Å². The first-order valence-corrected chi connectivity index (χ1v) is 12.0. The molecule has 1 N–H and O–H groups in total. The number of carbonyl (C=O) groups excluding carboxylic acids is 2. The van der Waals surface area contributed by atoms with Gasteiger partial charge < -0.3 is 9.32 Å². The van der Waals surface area contributed by atoms with E-state index in [2.05, 4.69) is 16.6 Å². The third-order valence-electron chi connectivity index (χ3n) is 6.70. The minimum absolute atomic E-state index is 0.0250. The van der Waals surface area contributed by atoms with E-state index in [1.165, 1.54) is 12.1 Å². The number of amides is 2. The van der Waals surface area contributed by atoms with Crippen LogP contribution in [-0.4, -0.2) is 29.0 Å². The number of benzene rings is 2. The monoisotopic (exact) mass is 486 g/mol. The summed E-state index contributed by atoms with van der Waals surface area (Å²) in [6.07, 6.45) is 4.06. The van der Waals surface area contributed by atoms with E-state index in [1.807, 2.05) is 25.1 Å². The number of rotatable bonds is 5. The second-order valence-electron chi connectivity index (χ2n) is 9.09. The Morgan fingerprint density at radius 3 is 2.64 bits per heavy atom. The fourth-order valence-corrected chi connectivity index (χ4v) is 4.94. The largest absolute Gasteiger partial charge is 0.455 e. The highest BCUT2D eigenvalue weighted by Gasteiger charge is 2.32. The molecule has 0 unspecified atom stereocenters. The third-order valence-corrected chi connectivity index (χ3v) is 6.70. The van der Waals surface area contributed by atoms with E-state index in [0.717, 1.165) is 47.4 Å². The van der Waals surface area contributed by atoms with Gasteiger partial charge in [0.2, 0.25) is 5.91 Å². The Morgan fingerprint density at radius 1 is 1.08 bits per heavy atom. The molecule has 184 valence electrons. The van der Waals surface area contributed by atoms with Crippen LogP contribution in [-0.2, 0) is 24.1 Å². The summed E-state index contributed by atoms with van der Waals surface area (Å²) in [5, 5.41) is 15.2. The number of non-ortho nitro benzene ring substituents is 1. The molecule has 2 aromatic carbocycles. The fraction of sp³-hybridized carbons (Fsp3) is 0.296. The Kier molecular flexibility index (Phi) is 6.37. The lowest BCUT2D eigenvalue weighted by atomic mass is 9.93. The normalized spacial score (nSPS) is 15.8. The van der Waals surface area contributed by atoms with Crippen LogP contribution in [0.2, 0.25) is 0 Å². The van der Waals surface area contributed by atoms with Crippen LogP contribution < -0.4 is 10.3 Å². The zero-order valence-electron chi connectivity index (χ0n) is 20.0. The molecule has 0 atom stereocenters. The zero-order chi connectivity index (χ0) is 25.2. The number of carbonyl (C=O) groups is 2. The minimum atomic E-state index is -0.479. The quantitative estimate of drug-likeness (QED) is 0.421. The highest BCUT2D eigenvalue weighted by molar-refractivity contribution is 6.10. The molecule has 2 heterocycles. The maximum atomic E-state index is 13.5. The smallest absolute Gasteiger partial charge is 0.294 e. The maximum Gasteiger partial charge on any atom is 0.294 e. The molecule has 9 nitrogen and oxygen atoms in total. The van der Waals surface area contributed by atoms with E-state index in [1.54, 1.807) is 17.0 Å². The molecule has 0 fully saturated rings. The molecule has 1 aliphatic heterocycles. The number of aryl methyl sites for hydroxylation is 2. The van der Waals surface area contributed by atoms with Gasteiger partial charge in [0.25, 0.3) is 11.6 Å². The van der Waals surface area contributed by atoms with Crippen molar-refractivity contribution < 1.29 is 18.9 Å². The standard InChI is InChI=1S/C27H26N4O5/c1-17-25-21(28-29-24(32)16-18-11-13-20(14-12-18)31(34)35)8-4-10-23(25)36-26(17)27(33)30-15-5-7-19-6-2-3-9-22(19)30/h2-3,6,9,11-14H,4-5,7-8,10,15-16H2,1H3,(H,29,32)/b28-21+. The molecule has 1 aromatic heterocycles. The van der Waals surface area contributed by atoms with E-state index in [4.69, 9.17) is 4.42 Å². The summed E-state index contributed by atoms with van der Waals surface area (Å²) in [4.78, 5) is 38.1. The summed E-state index contributed by atoms with van der Waals surface area (Å²) < 4.78 is 6.09. The topological polar surface area (TPSA) is 118 Å². The second kappa shape index (κ2) is 9.77. The first kappa shape index (κ1) is 23.5. The van der Waals surface area contributed by atoms with E-state index in [-0.39, 0.29) is 23.9 Å². The van der Waals surface area contributed by atoms with Gasteiger partial charge in [0.05, 0.1) is 17.1 Å². The van der Waals surface area contributed by atoms with Crippen molar-refractivity contribution in [3.8, 4) is 0 Å². The zero-order valence-corrected chi connectivity index (χ0v) is 20.0. The number of hydrazone groups is 1. The second-order valence-corrected chi connectivity index (χ2v) is 9.09. The van der Waals surface area contributed by atoms with Crippen LogP contribution in [0.4, 0.5) is 11.4 Å². The molecule has 2 aliphatic rings. The average Bonchev–Trinajstić information content (AvgIpc) is 3.24. The van der Waals surface area contributed by atoms with E-state index < -0.39 is 4.92 Å². The molecule has 0 saturated heterocycles. The van der Waals surface area contributed by atoms with Crippen molar-refractivity contribution in [2.24, 2.45) is 5.10 Å². The predicted molar refractivity (Wildman–Crippen MR) is 134 cm³/mol. The van der Waals surface area contributed by atoms with Gasteiger partial charge in [-0.25, -0.2) is 5.43 Å². The molecule has 1 aliphatic carbocycles. The van der Waals surface area contributed by atoms with Crippen LogP contribution in [0.1, 0.15) is 57.8 Å². The molecule has 9 heteroatoms. The van der Waals surface area contributed by atoms with Gasteiger partial charge in [-0.05, 0) is 49.8 Å². The van der Waals surface area contributed by atoms with Gasteiger partial charge in [0.1, 0.15) is 5.76 Å². The number of anilines is 1. The minimum Gasteiger partial charge on any atom is -0.455 e. The van der Waals surface area contributed by atoms with Gasteiger partial charge in [-0.15, -0.1) is 0 Å². The van der Waals surface area contributed by atoms with Crippen LogP contribution >= 0.6 is 0 Å². The van der Waals surface area contributed by atoms with Gasteiger partial charge in [-0.1, -0.05) is 30.3 Å². The van der Waals surface area contributed by atoms with Crippen molar-refractivity contribution in [1.82, 2.24) is 5.43 Å². The van der Waals surface area contributed by atoms with Gasteiger partial charge in [-0.2, -0.15) is 5.10 Å². The van der Waals surface area contributed by atoms with E-state index >= 15 is 0 Å². The first-order valence-electron chi connectivity index (χ1n) is 12.0. The molecule has 0 bridgehead atoms. The number of nitrogens with one attached hydrogen (secondary N) is 1. The number of hydrogen-bond donors (Lipinski definition) is 1. The van der Waals surface area contributed by atoms with Crippen molar-refractivity contribution in [2.75, 3.05) is 11.4 Å². The lowest BCUT2D eigenvalue weighted by molar-refractivity contribution is -0.384. The highest BCUT2D eigenvalue weighted by atomic mass is 16.6. The average molecular weight is 487 g/mol. The van der Waals surface area contributed by atoms with Crippen molar-refractivity contribution in [3.05, 3.63) is 92.4 Å². The SMILES string of the molecule is Cc1c(C(=O)N2CCCc3ccccc32)oc2c1/C(=N/NC(=O)Cc1ccc([N+](=O)[O-])cc1)CCC2. The summed E-state index contributed by atoms with van der Waals surface area (Å²) in [5.41, 5.74) is 7.53. The first-order chi connectivity index (χ1) is 17.4. The van der Waals surface area contributed by atoms with Gasteiger partial charge in [-0.3, -0.25) is 19.7 Å². The molecular formula is C27H26N4O5. The molecule has 0 saturated carbocycles. The molecule has 0 spiro atoms. The van der Waals surface area contributed by atoms with Crippen LogP contribution in [0.25, 0.3) is 0 Å². The summed E-state index contributed by atoms with van der Waals surface area (Å²) in [6.45, 7) is 2.51. The van der Waals surface area contributed by atoms with Crippen molar-refractivity contribution in [1.29, 1.82) is 0 Å². The number of nitro benzene ring substituents is 1. The Balaban J connectivity index is 1.34. The number of furan rings is 1. The lowest BCUT2D eigenvalue weighted by Gasteiger charge is -2.28. The summed E-state index contributed by atoms with van der Waals surface area (Å²) >= 11 is 0. The van der Waals surface area contributed by atoms with Crippen molar-refractivity contribution >= 4 is 28.9 Å². The molecule has 5 rings (SSSR count). The summed E-state index contributed by atoms with van der Waals surface area (Å²) in [5.74, 6) is 0.556. The lowest BCUT2D eigenvalue weighted by Crippen LogP contribution is -2.35. The molecular weight excluding hydrogens is 460 g/mol. The molecule has 2 amide bonds. The number of nitro groups is 1. The van der Waals surface area contributed by atoms with Crippen LogP contribution in [0, 0.1) is 17.0 Å². The number of nitrogens with zero attached hydrogens (tertiary/aromatic N) is 3. The summed E-state index contributed by atoms with van der Waals surface area (Å²) in [7, 11) is 0. The maximum absolute atomic E-state index is 13.5. The van der Waals surface area contributed by atoms with E-state index in [9.17, 15) is 19.7 Å². The van der Waals surface area contributed by atoms with Crippen LogP contribution in [0.15, 0.2) is 58.0 Å². The van der Waals surface area contributed by atoms with Crippen LogP contribution in [0.3, 0.4) is 0 Å². The van der Waals surface area contributed by atoms with Gasteiger partial charge >= 0.3 is 0 Å². The third kappa shape index (κ3) is 4.51. The van der Waals surface area contributed by atoms with Crippen molar-refractivity contribution in [2.45, 2.75) is 45.4 Å². The number of hydrogen-bond acceptors (Lipinski definition) is 6. The molecule has 3 aromatic rings. The highest BCUT2D eigenvalue weighted by Crippen LogP contribution is 2.33. The fourth-order valence-electron chi connectivity index (χ4n) is 4.94. The Morgan fingerprint density at radius 2 is 1.86 bits per heavy atom. The Labute approximate surface area is 207 Å². The molecule has 36 heavy (non-hydrogen) atoms. The van der Waals surface area contributed by atoms with Gasteiger partial charge in [0, 0.05) is 41.9 Å². The van der Waals surface area contributed by atoms with Crippen LogP contribution in [0.5, 0.6) is 0 Å². The predicted octanol–water partition coefficient (Wildman–Crippen LogP) is 4.49. The number of para-hydroxylation sites is 1. The van der Waals surface area contributed by atoms with E-state index in [0.29, 0.717) is 36.4 Å². The Bertz CT molecular complexity index is 1370. The Hall–Kier alpha value is -4.27.